The van der Waals surface area contributed by atoms with E-state index < -0.39 is 0 Å². The van der Waals surface area contributed by atoms with Crippen LogP contribution in [0.25, 0.3) is 0 Å². The largest absolute Gasteiger partial charge is 0.356 e. The van der Waals surface area contributed by atoms with Gasteiger partial charge in [0.05, 0.1) is 0 Å². The summed E-state index contributed by atoms with van der Waals surface area (Å²) >= 11 is 0. The van der Waals surface area contributed by atoms with Crippen molar-refractivity contribution in [3.8, 4) is 0 Å². The Hall–Kier alpha value is -1.66. The van der Waals surface area contributed by atoms with Crippen LogP contribution in [0.1, 0.15) is 50.5 Å². The van der Waals surface area contributed by atoms with Crippen molar-refractivity contribution in [3.05, 3.63) is 35.6 Å². The Morgan fingerprint density at radius 3 is 2.27 bits per heavy atom. The van der Waals surface area contributed by atoms with Crippen molar-refractivity contribution in [3.63, 3.8) is 0 Å². The average Bonchev–Trinajstić information content (AvgIpc) is 3.57. The monoisotopic (exact) mass is 415 g/mol. The van der Waals surface area contributed by atoms with Gasteiger partial charge in [0.2, 0.25) is 0 Å². The minimum atomic E-state index is -0.0878. The van der Waals surface area contributed by atoms with Crippen molar-refractivity contribution in [2.45, 2.75) is 55.9 Å². The molecular weight excluding hydrogens is 377 g/mol. The lowest BCUT2D eigenvalue weighted by Gasteiger charge is -2.50. The molecule has 1 aromatic carbocycles. The molecule has 30 heavy (non-hydrogen) atoms. The van der Waals surface area contributed by atoms with Crippen molar-refractivity contribution in [2.75, 3.05) is 53.4 Å². The number of hydrogen-bond acceptors (Lipinski definition) is 3. The van der Waals surface area contributed by atoms with Gasteiger partial charge in [-0.25, -0.2) is 4.39 Å². The summed E-state index contributed by atoms with van der Waals surface area (Å²) in [6.45, 7) is 6.39. The van der Waals surface area contributed by atoms with E-state index in [9.17, 15) is 4.39 Å². The first kappa shape index (κ1) is 21.6. The standard InChI is InChI=1S/C24H38FN5/c1-26-22(27-18-23(10-11-23)20-8-4-5-9-21(20)25)28-19-24(12-16-29(2)17-13-24)30-14-6-3-7-15-30/h4-5,8-9H,3,6-7,10-19H2,1-2H3,(H2,26,27,28). The van der Waals surface area contributed by atoms with Crippen molar-refractivity contribution >= 4 is 5.96 Å². The summed E-state index contributed by atoms with van der Waals surface area (Å²) in [6, 6.07) is 7.22. The number of halogens is 1. The lowest BCUT2D eigenvalue weighted by Crippen LogP contribution is -2.62. The SMILES string of the molecule is CN=C(NCC1(c2ccccc2F)CC1)NCC1(N2CCCCC2)CCN(C)CC1. The minimum absolute atomic E-state index is 0.0823. The maximum atomic E-state index is 14.3. The van der Waals surface area contributed by atoms with Gasteiger partial charge in [-0.15, -0.1) is 0 Å². The Morgan fingerprint density at radius 2 is 1.63 bits per heavy atom. The molecule has 3 aliphatic rings. The molecule has 0 spiro atoms. The van der Waals surface area contributed by atoms with E-state index in [0.717, 1.165) is 50.5 Å². The van der Waals surface area contributed by atoms with E-state index in [2.05, 4.69) is 32.5 Å². The van der Waals surface area contributed by atoms with Crippen LogP contribution in [-0.4, -0.2) is 74.7 Å². The van der Waals surface area contributed by atoms with E-state index in [1.807, 2.05) is 19.2 Å². The van der Waals surface area contributed by atoms with Gasteiger partial charge in [-0.2, -0.15) is 0 Å². The number of rotatable bonds is 6. The zero-order chi connectivity index (χ0) is 21.0. The van der Waals surface area contributed by atoms with Crippen molar-refractivity contribution in [1.82, 2.24) is 20.4 Å². The van der Waals surface area contributed by atoms with Gasteiger partial charge in [-0.3, -0.25) is 9.89 Å². The predicted octanol–water partition coefficient (Wildman–Crippen LogP) is 2.97. The van der Waals surface area contributed by atoms with Crippen LogP contribution in [0.15, 0.2) is 29.3 Å². The topological polar surface area (TPSA) is 42.9 Å². The van der Waals surface area contributed by atoms with Gasteiger partial charge in [0, 0.05) is 31.1 Å². The van der Waals surface area contributed by atoms with Gasteiger partial charge in [0.1, 0.15) is 5.82 Å². The first-order valence-corrected chi connectivity index (χ1v) is 11.7. The highest BCUT2D eigenvalue weighted by Crippen LogP contribution is 2.48. The Morgan fingerprint density at radius 1 is 0.967 bits per heavy atom. The molecule has 0 radical (unpaired) electrons. The van der Waals surface area contributed by atoms with E-state index in [4.69, 9.17) is 0 Å². The second kappa shape index (κ2) is 9.23. The molecule has 2 heterocycles. The van der Waals surface area contributed by atoms with Crippen LogP contribution in [0.4, 0.5) is 4.39 Å². The zero-order valence-electron chi connectivity index (χ0n) is 18.7. The Bertz CT molecular complexity index is 731. The van der Waals surface area contributed by atoms with Gasteiger partial charge >= 0.3 is 0 Å². The first-order chi connectivity index (χ1) is 14.6. The van der Waals surface area contributed by atoms with Gasteiger partial charge in [0.25, 0.3) is 0 Å². The first-order valence-electron chi connectivity index (χ1n) is 11.7. The van der Waals surface area contributed by atoms with Gasteiger partial charge in [-0.05, 0) is 83.4 Å². The van der Waals surface area contributed by atoms with Crippen LogP contribution in [0.3, 0.4) is 0 Å². The Labute approximate surface area is 181 Å². The summed E-state index contributed by atoms with van der Waals surface area (Å²) in [5, 5.41) is 7.15. The van der Waals surface area contributed by atoms with Crippen LogP contribution in [0.5, 0.6) is 0 Å². The highest BCUT2D eigenvalue weighted by molar-refractivity contribution is 5.80. The quantitative estimate of drug-likeness (QED) is 0.554. The van der Waals surface area contributed by atoms with E-state index in [1.165, 1.54) is 45.2 Å². The molecular formula is C24H38FN5. The summed E-state index contributed by atoms with van der Waals surface area (Å²) in [6.07, 6.45) is 8.45. The molecule has 3 fully saturated rings. The third kappa shape index (κ3) is 4.65. The third-order valence-electron chi connectivity index (χ3n) is 7.65. The molecule has 0 atom stereocenters. The lowest BCUT2D eigenvalue weighted by molar-refractivity contribution is 0.0173. The van der Waals surface area contributed by atoms with Crippen molar-refractivity contribution in [2.24, 2.45) is 4.99 Å². The van der Waals surface area contributed by atoms with Crippen molar-refractivity contribution < 1.29 is 4.39 Å². The highest BCUT2D eigenvalue weighted by Gasteiger charge is 2.46. The van der Waals surface area contributed by atoms with Crippen LogP contribution in [0.2, 0.25) is 0 Å². The molecule has 5 nitrogen and oxygen atoms in total. The molecule has 166 valence electrons. The Kier molecular flexibility index (Phi) is 6.63. The molecule has 0 unspecified atom stereocenters. The molecule has 4 rings (SSSR count). The molecule has 0 aromatic heterocycles. The highest BCUT2D eigenvalue weighted by atomic mass is 19.1. The number of benzene rings is 1. The summed E-state index contributed by atoms with van der Waals surface area (Å²) in [7, 11) is 4.06. The van der Waals surface area contributed by atoms with E-state index in [-0.39, 0.29) is 16.8 Å². The molecule has 2 aliphatic heterocycles. The lowest BCUT2D eigenvalue weighted by atomic mass is 9.84. The normalized spacial score (nSPS) is 24.4. The van der Waals surface area contributed by atoms with Crippen molar-refractivity contribution in [1.29, 1.82) is 0 Å². The van der Waals surface area contributed by atoms with Crippen LogP contribution >= 0.6 is 0 Å². The van der Waals surface area contributed by atoms with Gasteiger partial charge < -0.3 is 15.5 Å². The smallest absolute Gasteiger partial charge is 0.191 e. The fourth-order valence-corrected chi connectivity index (χ4v) is 5.31. The van der Waals surface area contributed by atoms with E-state index >= 15 is 0 Å². The van der Waals surface area contributed by atoms with E-state index in [0.29, 0.717) is 0 Å². The number of aliphatic imine (C=N–C) groups is 1. The number of likely N-dealkylation sites (tertiary alicyclic amines) is 2. The van der Waals surface area contributed by atoms with Gasteiger partial charge in [0.15, 0.2) is 5.96 Å². The fourth-order valence-electron chi connectivity index (χ4n) is 5.31. The van der Waals surface area contributed by atoms with Crippen LogP contribution in [-0.2, 0) is 5.41 Å². The van der Waals surface area contributed by atoms with E-state index in [1.54, 1.807) is 12.1 Å². The third-order valence-corrected chi connectivity index (χ3v) is 7.65. The molecule has 0 bridgehead atoms. The summed E-state index contributed by atoms with van der Waals surface area (Å²) in [5.41, 5.74) is 0.974. The summed E-state index contributed by atoms with van der Waals surface area (Å²) in [5.74, 6) is 0.753. The van der Waals surface area contributed by atoms with Gasteiger partial charge in [-0.1, -0.05) is 24.6 Å². The molecule has 6 heteroatoms. The summed E-state index contributed by atoms with van der Waals surface area (Å²) in [4.78, 5) is 9.67. The maximum absolute atomic E-state index is 14.3. The fraction of sp³-hybridized carbons (Fsp3) is 0.708. The second-order valence-electron chi connectivity index (χ2n) is 9.61. The van der Waals surface area contributed by atoms with Crippen LogP contribution in [0, 0.1) is 5.82 Å². The second-order valence-corrected chi connectivity index (χ2v) is 9.61. The Balaban J connectivity index is 1.37. The van der Waals surface area contributed by atoms with Crippen LogP contribution < -0.4 is 10.6 Å². The molecule has 1 aromatic rings. The number of nitrogens with one attached hydrogen (secondary N) is 2. The number of guanidine groups is 1. The predicted molar refractivity (Wildman–Crippen MR) is 122 cm³/mol. The zero-order valence-corrected chi connectivity index (χ0v) is 18.7. The molecule has 1 saturated carbocycles. The summed E-state index contributed by atoms with van der Waals surface area (Å²) < 4.78 is 14.3. The number of hydrogen-bond donors (Lipinski definition) is 2. The molecule has 1 aliphatic carbocycles. The minimum Gasteiger partial charge on any atom is -0.356 e. The molecule has 2 N–H and O–H groups in total. The average molecular weight is 416 g/mol. The maximum Gasteiger partial charge on any atom is 0.191 e. The molecule has 0 amide bonds. The number of piperidine rings is 2. The number of nitrogens with zero attached hydrogens (tertiary/aromatic N) is 3. The molecule has 2 saturated heterocycles.